The number of benzene rings is 1. The number of anilines is 3. The van der Waals surface area contributed by atoms with Crippen molar-refractivity contribution in [2.45, 2.75) is 0 Å². The van der Waals surface area contributed by atoms with Gasteiger partial charge in [-0.2, -0.15) is 15.0 Å². The molecule has 0 saturated heterocycles. The molecule has 0 spiro atoms. The Kier molecular flexibility index (Phi) is 3.07. The summed E-state index contributed by atoms with van der Waals surface area (Å²) in [4.78, 5) is 11.4. The van der Waals surface area contributed by atoms with Crippen molar-refractivity contribution in [3.8, 4) is 0 Å². The van der Waals surface area contributed by atoms with E-state index in [1.54, 1.807) is 24.3 Å². The molecule has 0 saturated carbocycles. The van der Waals surface area contributed by atoms with Gasteiger partial charge in [0.25, 0.3) is 0 Å². The molecule has 3 N–H and O–H groups in total. The Morgan fingerprint density at radius 3 is 2.31 bits per heavy atom. The minimum absolute atomic E-state index is 0.0453. The SMILES string of the molecule is Nc1nc(Cl)nc(Nc2ccc(Cl)cc2)n1. The highest BCUT2D eigenvalue weighted by atomic mass is 35.5. The molecule has 2 aromatic rings. The molecule has 0 atom stereocenters. The van der Waals surface area contributed by atoms with Crippen LogP contribution in [0.4, 0.5) is 17.6 Å². The van der Waals surface area contributed by atoms with E-state index in [9.17, 15) is 0 Å². The Balaban J connectivity index is 2.23. The molecule has 0 fully saturated rings. The number of aromatic nitrogens is 3. The molecule has 16 heavy (non-hydrogen) atoms. The van der Waals surface area contributed by atoms with Gasteiger partial charge in [-0.3, -0.25) is 0 Å². The lowest BCUT2D eigenvalue weighted by Gasteiger charge is -2.04. The van der Waals surface area contributed by atoms with Gasteiger partial charge in [-0.25, -0.2) is 0 Å². The third-order valence-electron chi connectivity index (χ3n) is 1.73. The van der Waals surface area contributed by atoms with Crippen LogP contribution in [-0.4, -0.2) is 15.0 Å². The van der Waals surface area contributed by atoms with Crippen molar-refractivity contribution in [2.75, 3.05) is 11.1 Å². The van der Waals surface area contributed by atoms with Gasteiger partial charge in [0, 0.05) is 10.7 Å². The van der Waals surface area contributed by atoms with Crippen LogP contribution in [0.15, 0.2) is 24.3 Å². The fourth-order valence-electron chi connectivity index (χ4n) is 1.08. The number of nitrogens with zero attached hydrogens (tertiary/aromatic N) is 3. The predicted octanol–water partition coefficient (Wildman–Crippen LogP) is 2.50. The number of halogens is 2. The van der Waals surface area contributed by atoms with E-state index in [1.165, 1.54) is 0 Å². The lowest BCUT2D eigenvalue weighted by molar-refractivity contribution is 1.07. The van der Waals surface area contributed by atoms with Gasteiger partial charge in [-0.1, -0.05) is 11.6 Å². The molecule has 1 heterocycles. The van der Waals surface area contributed by atoms with Crippen LogP contribution in [0.25, 0.3) is 0 Å². The minimum Gasteiger partial charge on any atom is -0.368 e. The molecule has 0 radical (unpaired) electrons. The van der Waals surface area contributed by atoms with Gasteiger partial charge in [-0.05, 0) is 35.9 Å². The van der Waals surface area contributed by atoms with Crippen molar-refractivity contribution in [1.29, 1.82) is 0 Å². The molecular weight excluding hydrogens is 249 g/mol. The Hall–Kier alpha value is -1.59. The normalized spacial score (nSPS) is 10.1. The van der Waals surface area contributed by atoms with E-state index in [4.69, 9.17) is 28.9 Å². The fourth-order valence-corrected chi connectivity index (χ4v) is 1.38. The largest absolute Gasteiger partial charge is 0.368 e. The number of hydrogen-bond donors (Lipinski definition) is 2. The lowest BCUT2D eigenvalue weighted by atomic mass is 10.3. The molecule has 0 unspecified atom stereocenters. The molecule has 0 aliphatic heterocycles. The van der Waals surface area contributed by atoms with E-state index in [1.807, 2.05) is 0 Å². The van der Waals surface area contributed by atoms with E-state index < -0.39 is 0 Å². The maximum Gasteiger partial charge on any atom is 0.233 e. The highest BCUT2D eigenvalue weighted by molar-refractivity contribution is 6.30. The van der Waals surface area contributed by atoms with Crippen LogP contribution in [0.3, 0.4) is 0 Å². The van der Waals surface area contributed by atoms with Gasteiger partial charge >= 0.3 is 0 Å². The molecule has 5 nitrogen and oxygen atoms in total. The summed E-state index contributed by atoms with van der Waals surface area (Å²) in [5, 5.41) is 3.62. The van der Waals surface area contributed by atoms with Crippen LogP contribution in [0.2, 0.25) is 10.3 Å². The molecule has 0 aliphatic rings. The first kappa shape index (κ1) is 10.9. The van der Waals surface area contributed by atoms with Gasteiger partial charge in [-0.15, -0.1) is 0 Å². The van der Waals surface area contributed by atoms with Crippen molar-refractivity contribution < 1.29 is 0 Å². The van der Waals surface area contributed by atoms with E-state index in [2.05, 4.69) is 20.3 Å². The van der Waals surface area contributed by atoms with Crippen molar-refractivity contribution in [2.24, 2.45) is 0 Å². The number of nitrogens with one attached hydrogen (secondary N) is 1. The minimum atomic E-state index is 0.0453. The first-order chi connectivity index (χ1) is 7.63. The second kappa shape index (κ2) is 4.51. The zero-order chi connectivity index (χ0) is 11.5. The summed E-state index contributed by atoms with van der Waals surface area (Å²) in [5.41, 5.74) is 6.21. The number of nitrogen functional groups attached to an aromatic ring is 1. The molecule has 1 aromatic carbocycles. The smallest absolute Gasteiger partial charge is 0.233 e. The third-order valence-corrected chi connectivity index (χ3v) is 2.15. The predicted molar refractivity (Wildman–Crippen MR) is 64.0 cm³/mol. The zero-order valence-electron chi connectivity index (χ0n) is 7.98. The Morgan fingerprint density at radius 1 is 1.00 bits per heavy atom. The van der Waals surface area contributed by atoms with Gasteiger partial charge < -0.3 is 11.1 Å². The van der Waals surface area contributed by atoms with Crippen LogP contribution >= 0.6 is 23.2 Å². The molecule has 82 valence electrons. The molecule has 2 rings (SSSR count). The number of rotatable bonds is 2. The Bertz CT molecular complexity index is 480. The number of hydrogen-bond acceptors (Lipinski definition) is 5. The first-order valence-electron chi connectivity index (χ1n) is 4.33. The van der Waals surface area contributed by atoms with E-state index >= 15 is 0 Å². The molecule has 0 aliphatic carbocycles. The maximum absolute atomic E-state index is 5.75. The monoisotopic (exact) mass is 255 g/mol. The molecule has 0 amide bonds. The quantitative estimate of drug-likeness (QED) is 0.863. The summed E-state index contributed by atoms with van der Waals surface area (Å²) in [6, 6.07) is 7.07. The van der Waals surface area contributed by atoms with E-state index in [0.717, 1.165) is 5.69 Å². The summed E-state index contributed by atoms with van der Waals surface area (Å²) in [7, 11) is 0. The summed E-state index contributed by atoms with van der Waals surface area (Å²) in [6.07, 6.45) is 0. The molecular formula is C9H7Cl2N5. The topological polar surface area (TPSA) is 76.7 Å². The van der Waals surface area contributed by atoms with Crippen molar-refractivity contribution in [3.05, 3.63) is 34.6 Å². The van der Waals surface area contributed by atoms with Gasteiger partial charge in [0.05, 0.1) is 0 Å². The van der Waals surface area contributed by atoms with Crippen LogP contribution in [0, 0.1) is 0 Å². The van der Waals surface area contributed by atoms with Crippen LogP contribution in [0.5, 0.6) is 0 Å². The lowest BCUT2D eigenvalue weighted by Crippen LogP contribution is -2.03. The summed E-state index contributed by atoms with van der Waals surface area (Å²) < 4.78 is 0. The first-order valence-corrected chi connectivity index (χ1v) is 5.09. The summed E-state index contributed by atoms with van der Waals surface area (Å²) in [5.74, 6) is 0.358. The average molecular weight is 256 g/mol. The summed E-state index contributed by atoms with van der Waals surface area (Å²) in [6.45, 7) is 0. The molecule has 1 aromatic heterocycles. The van der Waals surface area contributed by atoms with Crippen molar-refractivity contribution in [3.63, 3.8) is 0 Å². The zero-order valence-corrected chi connectivity index (χ0v) is 9.50. The second-order valence-corrected chi connectivity index (χ2v) is 3.69. The van der Waals surface area contributed by atoms with Crippen LogP contribution < -0.4 is 11.1 Å². The van der Waals surface area contributed by atoms with Crippen LogP contribution in [0.1, 0.15) is 0 Å². The van der Waals surface area contributed by atoms with Crippen molar-refractivity contribution >= 4 is 40.8 Å². The molecule has 0 bridgehead atoms. The van der Waals surface area contributed by atoms with Gasteiger partial charge in [0.2, 0.25) is 17.2 Å². The number of nitrogens with two attached hydrogens (primary N) is 1. The molecule has 7 heteroatoms. The van der Waals surface area contributed by atoms with Gasteiger partial charge in [0.1, 0.15) is 0 Å². The van der Waals surface area contributed by atoms with Gasteiger partial charge in [0.15, 0.2) is 0 Å². The second-order valence-electron chi connectivity index (χ2n) is 2.92. The Labute approximate surface area is 102 Å². The highest BCUT2D eigenvalue weighted by Gasteiger charge is 2.02. The summed E-state index contributed by atoms with van der Waals surface area (Å²) >= 11 is 11.4. The van der Waals surface area contributed by atoms with Crippen LogP contribution in [-0.2, 0) is 0 Å². The maximum atomic E-state index is 5.75. The van der Waals surface area contributed by atoms with E-state index in [0.29, 0.717) is 11.0 Å². The average Bonchev–Trinajstić information content (AvgIpc) is 2.20. The third kappa shape index (κ3) is 2.71. The standard InChI is InChI=1S/C9H7Cl2N5/c10-5-1-3-6(4-2-5)13-9-15-7(11)14-8(12)16-9/h1-4H,(H3,12,13,14,15,16). The fraction of sp³-hybridized carbons (Fsp3) is 0. The van der Waals surface area contributed by atoms with Crippen molar-refractivity contribution in [1.82, 2.24) is 15.0 Å². The Morgan fingerprint density at radius 2 is 1.69 bits per heavy atom. The highest BCUT2D eigenvalue weighted by Crippen LogP contribution is 2.17. The van der Waals surface area contributed by atoms with E-state index in [-0.39, 0.29) is 11.2 Å².